The lowest BCUT2D eigenvalue weighted by atomic mass is 10.1. The predicted octanol–water partition coefficient (Wildman–Crippen LogP) is 2.10. The van der Waals surface area contributed by atoms with Gasteiger partial charge in [-0.25, -0.2) is 4.98 Å². The van der Waals surface area contributed by atoms with E-state index < -0.39 is 0 Å². The molecule has 1 spiro atoms. The second-order valence-electron chi connectivity index (χ2n) is 4.77. The maximum Gasteiger partial charge on any atom is 0.186 e. The van der Waals surface area contributed by atoms with Crippen molar-refractivity contribution in [3.63, 3.8) is 0 Å². The third-order valence-electron chi connectivity index (χ3n) is 3.52. The quantitative estimate of drug-likeness (QED) is 0.768. The molecular formula is C12H18N2O2S. The molecule has 0 bridgehead atoms. The topological polar surface area (TPSA) is 34.6 Å². The Labute approximate surface area is 106 Å². The standard InChI is InChI=1S/C12H18N2O2S/c1-9-10(2)17-11(13-9)14-5-3-4-12(8-14)15-6-7-16-12/h3-8H2,1-2H3. The first-order valence-electron chi connectivity index (χ1n) is 6.15. The lowest BCUT2D eigenvalue weighted by Gasteiger charge is -2.38. The molecule has 2 saturated heterocycles. The minimum Gasteiger partial charge on any atom is -0.346 e. The average molecular weight is 254 g/mol. The SMILES string of the molecule is Cc1nc(N2CCCC3(C2)OCCO3)sc1C. The Hall–Kier alpha value is -0.650. The van der Waals surface area contributed by atoms with Crippen LogP contribution in [0, 0.1) is 13.8 Å². The molecule has 0 radical (unpaired) electrons. The summed E-state index contributed by atoms with van der Waals surface area (Å²) >= 11 is 1.77. The number of rotatable bonds is 1. The van der Waals surface area contributed by atoms with Crippen LogP contribution in [0.5, 0.6) is 0 Å². The van der Waals surface area contributed by atoms with Gasteiger partial charge in [-0.1, -0.05) is 0 Å². The monoisotopic (exact) mass is 254 g/mol. The number of ether oxygens (including phenoxy) is 2. The summed E-state index contributed by atoms with van der Waals surface area (Å²) in [6, 6.07) is 0. The molecule has 5 heteroatoms. The Morgan fingerprint density at radius 3 is 2.71 bits per heavy atom. The lowest BCUT2D eigenvalue weighted by molar-refractivity contribution is -0.161. The maximum atomic E-state index is 5.78. The van der Waals surface area contributed by atoms with Crippen LogP contribution in [0.1, 0.15) is 23.4 Å². The molecule has 1 aromatic heterocycles. The minimum absolute atomic E-state index is 0.355. The van der Waals surface area contributed by atoms with Crippen molar-refractivity contribution >= 4 is 16.5 Å². The van der Waals surface area contributed by atoms with Crippen molar-refractivity contribution < 1.29 is 9.47 Å². The van der Waals surface area contributed by atoms with Gasteiger partial charge in [-0.2, -0.15) is 0 Å². The molecule has 0 aliphatic carbocycles. The Kier molecular flexibility index (Phi) is 2.84. The largest absolute Gasteiger partial charge is 0.346 e. The summed E-state index contributed by atoms with van der Waals surface area (Å²) in [6.07, 6.45) is 2.12. The summed E-state index contributed by atoms with van der Waals surface area (Å²) in [4.78, 5) is 8.23. The zero-order valence-electron chi connectivity index (χ0n) is 10.4. The zero-order chi connectivity index (χ0) is 11.9. The Morgan fingerprint density at radius 2 is 2.06 bits per heavy atom. The molecule has 0 amide bonds. The second kappa shape index (κ2) is 4.23. The molecule has 2 aliphatic heterocycles. The Balaban J connectivity index is 1.79. The number of thiazole rings is 1. The molecule has 0 atom stereocenters. The molecule has 2 aliphatic rings. The molecule has 0 unspecified atom stereocenters. The van der Waals surface area contributed by atoms with Gasteiger partial charge >= 0.3 is 0 Å². The van der Waals surface area contributed by atoms with E-state index in [9.17, 15) is 0 Å². The van der Waals surface area contributed by atoms with E-state index in [1.54, 1.807) is 11.3 Å². The van der Waals surface area contributed by atoms with Crippen molar-refractivity contribution in [3.05, 3.63) is 10.6 Å². The highest BCUT2D eigenvalue weighted by molar-refractivity contribution is 7.15. The third-order valence-corrected chi connectivity index (χ3v) is 4.65. The van der Waals surface area contributed by atoms with Crippen molar-refractivity contribution in [3.8, 4) is 0 Å². The predicted molar refractivity (Wildman–Crippen MR) is 67.7 cm³/mol. The van der Waals surface area contributed by atoms with Crippen LogP contribution in [0.2, 0.25) is 0 Å². The van der Waals surface area contributed by atoms with Crippen molar-refractivity contribution in [1.29, 1.82) is 0 Å². The summed E-state index contributed by atoms with van der Waals surface area (Å²) in [7, 11) is 0. The molecule has 0 N–H and O–H groups in total. The van der Waals surface area contributed by atoms with Crippen molar-refractivity contribution in [2.75, 3.05) is 31.2 Å². The lowest BCUT2D eigenvalue weighted by Crippen LogP contribution is -2.49. The molecule has 1 aromatic rings. The van der Waals surface area contributed by atoms with E-state index in [-0.39, 0.29) is 5.79 Å². The molecule has 4 nitrogen and oxygen atoms in total. The fourth-order valence-corrected chi connectivity index (χ4v) is 3.41. The molecule has 0 aromatic carbocycles. The molecule has 3 heterocycles. The van der Waals surface area contributed by atoms with E-state index in [1.807, 2.05) is 0 Å². The van der Waals surface area contributed by atoms with E-state index in [1.165, 1.54) is 4.88 Å². The number of hydrogen-bond acceptors (Lipinski definition) is 5. The summed E-state index contributed by atoms with van der Waals surface area (Å²) in [5.41, 5.74) is 1.14. The van der Waals surface area contributed by atoms with Gasteiger partial charge in [0.25, 0.3) is 0 Å². The van der Waals surface area contributed by atoms with Crippen LogP contribution in [-0.2, 0) is 9.47 Å². The smallest absolute Gasteiger partial charge is 0.186 e. The molecule has 94 valence electrons. The number of nitrogens with zero attached hydrogens (tertiary/aromatic N) is 2. The van der Waals surface area contributed by atoms with Crippen LogP contribution in [-0.4, -0.2) is 37.1 Å². The Bertz CT molecular complexity index is 393. The zero-order valence-corrected chi connectivity index (χ0v) is 11.2. The molecule has 0 saturated carbocycles. The maximum absolute atomic E-state index is 5.78. The van der Waals surface area contributed by atoms with Crippen LogP contribution in [0.15, 0.2) is 0 Å². The molecule has 3 rings (SSSR count). The van der Waals surface area contributed by atoms with Crippen LogP contribution in [0.3, 0.4) is 0 Å². The van der Waals surface area contributed by atoms with Gasteiger partial charge in [-0.05, 0) is 20.3 Å². The van der Waals surface area contributed by atoms with Crippen LogP contribution < -0.4 is 4.90 Å². The second-order valence-corrected chi connectivity index (χ2v) is 5.95. The molecule has 17 heavy (non-hydrogen) atoms. The van der Waals surface area contributed by atoms with E-state index in [4.69, 9.17) is 9.47 Å². The van der Waals surface area contributed by atoms with Gasteiger partial charge in [0.2, 0.25) is 0 Å². The minimum atomic E-state index is -0.355. The summed E-state index contributed by atoms with van der Waals surface area (Å²) < 4.78 is 11.6. The van der Waals surface area contributed by atoms with Gasteiger partial charge in [0.05, 0.1) is 25.5 Å². The number of aryl methyl sites for hydroxylation is 2. The van der Waals surface area contributed by atoms with Crippen LogP contribution in [0.25, 0.3) is 0 Å². The average Bonchev–Trinajstić information content (AvgIpc) is 2.88. The number of aromatic nitrogens is 1. The van der Waals surface area contributed by atoms with Gasteiger partial charge in [0, 0.05) is 17.8 Å². The van der Waals surface area contributed by atoms with E-state index >= 15 is 0 Å². The van der Waals surface area contributed by atoms with Crippen molar-refractivity contribution in [1.82, 2.24) is 4.98 Å². The van der Waals surface area contributed by atoms with Gasteiger partial charge < -0.3 is 14.4 Å². The first-order chi connectivity index (χ1) is 8.19. The van der Waals surface area contributed by atoms with Gasteiger partial charge in [0.15, 0.2) is 10.9 Å². The highest BCUT2D eigenvalue weighted by Gasteiger charge is 2.41. The Morgan fingerprint density at radius 1 is 1.29 bits per heavy atom. The third kappa shape index (κ3) is 2.07. The van der Waals surface area contributed by atoms with Gasteiger partial charge in [-0.3, -0.25) is 0 Å². The van der Waals surface area contributed by atoms with Gasteiger partial charge in [0.1, 0.15) is 0 Å². The van der Waals surface area contributed by atoms with Crippen LogP contribution >= 0.6 is 11.3 Å². The van der Waals surface area contributed by atoms with Crippen molar-refractivity contribution in [2.45, 2.75) is 32.5 Å². The number of piperidine rings is 1. The number of hydrogen-bond donors (Lipinski definition) is 0. The summed E-state index contributed by atoms with van der Waals surface area (Å²) in [5, 5.41) is 1.11. The van der Waals surface area contributed by atoms with Gasteiger partial charge in [-0.15, -0.1) is 11.3 Å². The van der Waals surface area contributed by atoms with Crippen LogP contribution in [0.4, 0.5) is 5.13 Å². The fourth-order valence-electron chi connectivity index (χ4n) is 2.48. The normalized spacial score (nSPS) is 23.5. The molecule has 2 fully saturated rings. The van der Waals surface area contributed by atoms with E-state index in [2.05, 4.69) is 23.7 Å². The van der Waals surface area contributed by atoms with E-state index in [0.717, 1.165) is 50.0 Å². The van der Waals surface area contributed by atoms with Crippen molar-refractivity contribution in [2.24, 2.45) is 0 Å². The first-order valence-corrected chi connectivity index (χ1v) is 6.97. The number of anilines is 1. The highest BCUT2D eigenvalue weighted by Crippen LogP contribution is 2.34. The van der Waals surface area contributed by atoms with E-state index in [0.29, 0.717) is 0 Å². The summed E-state index contributed by atoms with van der Waals surface area (Å²) in [5.74, 6) is -0.355. The summed E-state index contributed by atoms with van der Waals surface area (Å²) in [6.45, 7) is 7.52. The first kappa shape index (κ1) is 11.4. The fraction of sp³-hybridized carbons (Fsp3) is 0.750. The highest BCUT2D eigenvalue weighted by atomic mass is 32.1. The molecular weight excluding hydrogens is 236 g/mol.